The number of anilines is 1. The summed E-state index contributed by atoms with van der Waals surface area (Å²) in [6.45, 7) is 4.29. The third-order valence-corrected chi connectivity index (χ3v) is 3.52. The molecule has 2 aromatic rings. The average molecular weight is 276 g/mol. The van der Waals surface area contributed by atoms with Crippen LogP contribution < -0.4 is 5.73 Å². The summed E-state index contributed by atoms with van der Waals surface area (Å²) in [6.07, 6.45) is 4.20. The molecular weight excluding hydrogens is 255 g/mol. The molecule has 0 saturated heterocycles. The van der Waals surface area contributed by atoms with Gasteiger partial charge in [0.15, 0.2) is 0 Å². The zero-order valence-electron chi connectivity index (χ0n) is 12.0. The highest BCUT2D eigenvalue weighted by atomic mass is 19.1. The van der Waals surface area contributed by atoms with Crippen molar-refractivity contribution in [2.24, 2.45) is 0 Å². The molecule has 0 amide bonds. The summed E-state index contributed by atoms with van der Waals surface area (Å²) in [6, 6.07) is 6.41. The molecule has 1 aromatic heterocycles. The lowest BCUT2D eigenvalue weighted by Gasteiger charge is -2.14. The Kier molecular flexibility index (Phi) is 4.77. The molecule has 0 aliphatic carbocycles. The molecule has 0 fully saturated rings. The molecule has 0 unspecified atom stereocenters. The van der Waals surface area contributed by atoms with Crippen LogP contribution in [-0.4, -0.2) is 5.16 Å². The van der Waals surface area contributed by atoms with Gasteiger partial charge < -0.3 is 10.3 Å². The van der Waals surface area contributed by atoms with E-state index in [2.05, 4.69) is 19.0 Å². The van der Waals surface area contributed by atoms with E-state index < -0.39 is 0 Å². The molecule has 2 rings (SSSR count). The SMILES string of the molecule is CCCC(CCC)c1noc(N)c1-c1cccc(F)c1. The van der Waals surface area contributed by atoms with E-state index in [0.717, 1.165) is 42.5 Å². The van der Waals surface area contributed by atoms with E-state index in [1.165, 1.54) is 12.1 Å². The molecule has 0 radical (unpaired) electrons. The fourth-order valence-electron chi connectivity index (χ4n) is 2.64. The summed E-state index contributed by atoms with van der Waals surface area (Å²) in [5, 5.41) is 4.14. The topological polar surface area (TPSA) is 52.0 Å². The van der Waals surface area contributed by atoms with Crippen molar-refractivity contribution >= 4 is 5.88 Å². The Morgan fingerprint density at radius 2 is 1.95 bits per heavy atom. The van der Waals surface area contributed by atoms with Crippen LogP contribution in [0.2, 0.25) is 0 Å². The van der Waals surface area contributed by atoms with E-state index in [1.54, 1.807) is 6.07 Å². The van der Waals surface area contributed by atoms with Crippen molar-refractivity contribution in [1.82, 2.24) is 5.16 Å². The molecule has 20 heavy (non-hydrogen) atoms. The molecule has 0 saturated carbocycles. The molecule has 4 heteroatoms. The van der Waals surface area contributed by atoms with Crippen LogP contribution in [0.1, 0.15) is 51.1 Å². The lowest BCUT2D eigenvalue weighted by Crippen LogP contribution is -2.01. The quantitative estimate of drug-likeness (QED) is 0.828. The summed E-state index contributed by atoms with van der Waals surface area (Å²) in [5.74, 6) is 0.295. The smallest absolute Gasteiger partial charge is 0.230 e. The van der Waals surface area contributed by atoms with Crippen molar-refractivity contribution in [2.45, 2.75) is 45.4 Å². The van der Waals surface area contributed by atoms with Gasteiger partial charge in [-0.25, -0.2) is 4.39 Å². The first-order valence-corrected chi connectivity index (χ1v) is 7.18. The molecule has 2 N–H and O–H groups in total. The van der Waals surface area contributed by atoms with Gasteiger partial charge in [0, 0.05) is 5.92 Å². The van der Waals surface area contributed by atoms with Crippen molar-refractivity contribution in [1.29, 1.82) is 0 Å². The second kappa shape index (κ2) is 6.55. The number of nitrogen functional groups attached to an aromatic ring is 1. The van der Waals surface area contributed by atoms with Crippen LogP contribution in [0.5, 0.6) is 0 Å². The number of nitrogens with zero attached hydrogens (tertiary/aromatic N) is 1. The third kappa shape index (κ3) is 3.00. The standard InChI is InChI=1S/C16H21FN2O/c1-3-6-11(7-4-2)15-14(16(18)20-19-15)12-8-5-9-13(17)10-12/h5,8-11H,3-4,6-7,18H2,1-2H3. The minimum absolute atomic E-state index is 0.266. The predicted molar refractivity (Wildman–Crippen MR) is 78.9 cm³/mol. The van der Waals surface area contributed by atoms with Gasteiger partial charge in [0.2, 0.25) is 5.88 Å². The first-order valence-electron chi connectivity index (χ1n) is 7.18. The molecule has 0 atom stereocenters. The van der Waals surface area contributed by atoms with Crippen molar-refractivity contribution in [3.63, 3.8) is 0 Å². The summed E-state index contributed by atoms with van der Waals surface area (Å²) < 4.78 is 18.6. The van der Waals surface area contributed by atoms with E-state index >= 15 is 0 Å². The van der Waals surface area contributed by atoms with Gasteiger partial charge in [-0.1, -0.05) is 44.0 Å². The molecule has 0 bridgehead atoms. The van der Waals surface area contributed by atoms with Gasteiger partial charge in [0.05, 0.1) is 11.3 Å². The summed E-state index contributed by atoms with van der Waals surface area (Å²) >= 11 is 0. The maximum absolute atomic E-state index is 13.4. The Balaban J connectivity index is 2.45. The number of aromatic nitrogens is 1. The Labute approximate surface area is 119 Å². The number of benzene rings is 1. The monoisotopic (exact) mass is 276 g/mol. The maximum atomic E-state index is 13.4. The molecule has 0 aliphatic rings. The van der Waals surface area contributed by atoms with Gasteiger partial charge >= 0.3 is 0 Å². The van der Waals surface area contributed by atoms with Crippen LogP contribution in [0.4, 0.5) is 10.3 Å². The van der Waals surface area contributed by atoms with Crippen LogP contribution in [-0.2, 0) is 0 Å². The Bertz CT molecular complexity index is 559. The lowest BCUT2D eigenvalue weighted by atomic mass is 9.90. The molecule has 3 nitrogen and oxygen atoms in total. The summed E-state index contributed by atoms with van der Waals surface area (Å²) in [4.78, 5) is 0. The molecule has 1 aromatic carbocycles. The van der Waals surface area contributed by atoms with E-state index in [9.17, 15) is 4.39 Å². The van der Waals surface area contributed by atoms with E-state index in [-0.39, 0.29) is 11.7 Å². The highest BCUT2D eigenvalue weighted by Crippen LogP contribution is 2.37. The molecule has 1 heterocycles. The minimum Gasteiger partial charge on any atom is -0.367 e. The third-order valence-electron chi connectivity index (χ3n) is 3.52. The van der Waals surface area contributed by atoms with Crippen molar-refractivity contribution in [3.05, 3.63) is 35.8 Å². The molecule has 108 valence electrons. The van der Waals surface area contributed by atoms with Crippen LogP contribution in [0, 0.1) is 5.82 Å². The molecular formula is C16H21FN2O. The van der Waals surface area contributed by atoms with E-state index in [4.69, 9.17) is 10.3 Å². The number of hydrogen-bond acceptors (Lipinski definition) is 3. The zero-order chi connectivity index (χ0) is 14.5. The van der Waals surface area contributed by atoms with Gasteiger partial charge in [-0.05, 0) is 30.5 Å². The number of nitrogens with two attached hydrogens (primary N) is 1. The largest absolute Gasteiger partial charge is 0.367 e. The van der Waals surface area contributed by atoms with Gasteiger partial charge in [-0.15, -0.1) is 0 Å². The van der Waals surface area contributed by atoms with Gasteiger partial charge in [-0.3, -0.25) is 0 Å². The number of hydrogen-bond donors (Lipinski definition) is 1. The van der Waals surface area contributed by atoms with Gasteiger partial charge in [-0.2, -0.15) is 0 Å². The van der Waals surface area contributed by atoms with E-state index in [1.807, 2.05) is 6.07 Å². The predicted octanol–water partition coefficient (Wildman–Crippen LogP) is 4.75. The second-order valence-electron chi connectivity index (χ2n) is 5.09. The highest BCUT2D eigenvalue weighted by molar-refractivity contribution is 5.75. The normalized spacial score (nSPS) is 11.2. The number of halogens is 1. The van der Waals surface area contributed by atoms with Crippen LogP contribution in [0.3, 0.4) is 0 Å². The summed E-state index contributed by atoms with van der Waals surface area (Å²) in [5.41, 5.74) is 8.24. The van der Waals surface area contributed by atoms with Crippen molar-refractivity contribution in [3.8, 4) is 11.1 Å². The van der Waals surface area contributed by atoms with Gasteiger partial charge in [0.25, 0.3) is 0 Å². The minimum atomic E-state index is -0.281. The van der Waals surface area contributed by atoms with Crippen molar-refractivity contribution in [2.75, 3.05) is 5.73 Å². The Morgan fingerprint density at radius 3 is 2.55 bits per heavy atom. The van der Waals surface area contributed by atoms with Crippen LogP contribution in [0.15, 0.2) is 28.8 Å². The fourth-order valence-corrected chi connectivity index (χ4v) is 2.64. The average Bonchev–Trinajstić information content (AvgIpc) is 2.80. The van der Waals surface area contributed by atoms with Crippen LogP contribution in [0.25, 0.3) is 11.1 Å². The first kappa shape index (κ1) is 14.6. The second-order valence-corrected chi connectivity index (χ2v) is 5.09. The first-order chi connectivity index (χ1) is 9.67. The van der Waals surface area contributed by atoms with E-state index in [0.29, 0.717) is 5.92 Å². The molecule has 0 spiro atoms. The highest BCUT2D eigenvalue weighted by Gasteiger charge is 2.22. The number of rotatable bonds is 6. The summed E-state index contributed by atoms with van der Waals surface area (Å²) in [7, 11) is 0. The van der Waals surface area contributed by atoms with Crippen molar-refractivity contribution < 1.29 is 8.91 Å². The lowest BCUT2D eigenvalue weighted by molar-refractivity contribution is 0.411. The Morgan fingerprint density at radius 1 is 1.25 bits per heavy atom. The molecule has 0 aliphatic heterocycles. The zero-order valence-corrected chi connectivity index (χ0v) is 12.0. The van der Waals surface area contributed by atoms with Gasteiger partial charge in [0.1, 0.15) is 5.82 Å². The fraction of sp³-hybridized carbons (Fsp3) is 0.438. The maximum Gasteiger partial charge on any atom is 0.230 e. The Hall–Kier alpha value is -1.84. The van der Waals surface area contributed by atoms with Crippen LogP contribution >= 0.6 is 0 Å².